The van der Waals surface area contributed by atoms with Crippen molar-refractivity contribution in [2.45, 2.75) is 31.3 Å². The highest BCUT2D eigenvalue weighted by atomic mass is 32.2. The molecule has 0 aliphatic rings. The highest BCUT2D eigenvalue weighted by molar-refractivity contribution is 7.87. The van der Waals surface area contributed by atoms with Crippen LogP contribution in [-0.2, 0) is 16.7 Å². The van der Waals surface area contributed by atoms with Gasteiger partial charge in [-0.3, -0.25) is 14.9 Å². The fourth-order valence-electron chi connectivity index (χ4n) is 3.08. The molecule has 3 rings (SSSR count). The summed E-state index contributed by atoms with van der Waals surface area (Å²) >= 11 is 0. The maximum absolute atomic E-state index is 13.1. The zero-order valence-corrected chi connectivity index (χ0v) is 18.7. The van der Waals surface area contributed by atoms with Crippen LogP contribution in [0, 0.1) is 15.9 Å². The number of rotatable bonds is 8. The van der Waals surface area contributed by atoms with Gasteiger partial charge >= 0.3 is 10.1 Å². The molecule has 0 bridgehead atoms. The molecule has 172 valence electrons. The zero-order chi connectivity index (χ0) is 24.2. The molecule has 0 aliphatic carbocycles. The number of non-ortho nitro benzene ring substituents is 1. The topological polar surface area (TPSA) is 107 Å². The Morgan fingerprint density at radius 3 is 2.36 bits per heavy atom. The summed E-state index contributed by atoms with van der Waals surface area (Å²) in [5.41, 5.74) is 0.574. The van der Waals surface area contributed by atoms with Crippen molar-refractivity contribution in [3.8, 4) is 5.75 Å². The second-order valence-electron chi connectivity index (χ2n) is 7.47. The lowest BCUT2D eigenvalue weighted by Crippen LogP contribution is -2.36. The average Bonchev–Trinajstić information content (AvgIpc) is 2.77. The van der Waals surface area contributed by atoms with Gasteiger partial charge in [0.2, 0.25) is 0 Å². The first-order chi connectivity index (χ1) is 15.6. The van der Waals surface area contributed by atoms with Gasteiger partial charge in [-0.2, -0.15) is 8.42 Å². The maximum atomic E-state index is 13.1. The number of amides is 1. The Bertz CT molecular complexity index is 1280. The number of halogens is 1. The normalized spacial score (nSPS) is 11.3. The summed E-state index contributed by atoms with van der Waals surface area (Å²) in [5, 5.41) is 11.0. The average molecular weight is 472 g/mol. The molecule has 0 aliphatic heterocycles. The third-order valence-corrected chi connectivity index (χ3v) is 6.01. The second-order valence-corrected chi connectivity index (χ2v) is 9.02. The highest BCUT2D eigenvalue weighted by Gasteiger charge is 2.22. The maximum Gasteiger partial charge on any atom is 0.339 e. The molecule has 0 unspecified atom stereocenters. The molecule has 3 aromatic rings. The first-order valence-electron chi connectivity index (χ1n) is 9.91. The van der Waals surface area contributed by atoms with Crippen LogP contribution in [0.5, 0.6) is 5.75 Å². The summed E-state index contributed by atoms with van der Waals surface area (Å²) in [6.45, 7) is 3.72. The van der Waals surface area contributed by atoms with Gasteiger partial charge in [0.15, 0.2) is 0 Å². The molecule has 0 aromatic heterocycles. The Balaban J connectivity index is 1.82. The summed E-state index contributed by atoms with van der Waals surface area (Å²) in [5.74, 6) is -0.944. The lowest BCUT2D eigenvalue weighted by Gasteiger charge is -2.27. The number of nitrogens with zero attached hydrogens (tertiary/aromatic N) is 2. The van der Waals surface area contributed by atoms with Gasteiger partial charge in [0.25, 0.3) is 11.6 Å². The standard InChI is InChI=1S/C23H21FN2O6S/c1-16(2)25(23(27)18-6-4-7-20(14-18)26(28)29)15-17-5-3-8-21(13-17)32-33(30,31)22-11-9-19(24)10-12-22/h3-14,16H,15H2,1-2H3. The van der Waals surface area contributed by atoms with Crippen LogP contribution >= 0.6 is 0 Å². The van der Waals surface area contributed by atoms with Crippen molar-refractivity contribution in [2.24, 2.45) is 0 Å². The van der Waals surface area contributed by atoms with Gasteiger partial charge in [0.1, 0.15) is 16.5 Å². The van der Waals surface area contributed by atoms with Crippen molar-refractivity contribution in [1.82, 2.24) is 4.90 Å². The Kier molecular flexibility index (Phi) is 7.07. The van der Waals surface area contributed by atoms with E-state index in [9.17, 15) is 27.7 Å². The molecule has 0 fully saturated rings. The van der Waals surface area contributed by atoms with Crippen molar-refractivity contribution < 1.29 is 26.7 Å². The minimum absolute atomic E-state index is 0.0309. The van der Waals surface area contributed by atoms with Crippen LogP contribution in [0.15, 0.2) is 77.7 Å². The molecule has 0 atom stereocenters. The molecule has 0 saturated heterocycles. The first kappa shape index (κ1) is 23.9. The lowest BCUT2D eigenvalue weighted by molar-refractivity contribution is -0.384. The smallest absolute Gasteiger partial charge is 0.339 e. The monoisotopic (exact) mass is 472 g/mol. The van der Waals surface area contributed by atoms with E-state index in [0.29, 0.717) is 5.56 Å². The van der Waals surface area contributed by atoms with Gasteiger partial charge in [0, 0.05) is 30.3 Å². The molecular weight excluding hydrogens is 451 g/mol. The number of nitro benzene ring substituents is 1. The van der Waals surface area contributed by atoms with Crippen LogP contribution in [0.1, 0.15) is 29.8 Å². The number of benzene rings is 3. The molecule has 10 heteroatoms. The van der Waals surface area contributed by atoms with Gasteiger partial charge in [0.05, 0.1) is 4.92 Å². The molecule has 8 nitrogen and oxygen atoms in total. The third-order valence-electron chi connectivity index (χ3n) is 4.75. The van der Waals surface area contributed by atoms with E-state index in [1.165, 1.54) is 41.3 Å². The van der Waals surface area contributed by atoms with Crippen molar-refractivity contribution in [3.63, 3.8) is 0 Å². The summed E-state index contributed by atoms with van der Waals surface area (Å²) in [7, 11) is -4.17. The van der Waals surface area contributed by atoms with Crippen LogP contribution in [0.3, 0.4) is 0 Å². The van der Waals surface area contributed by atoms with Crippen LogP contribution < -0.4 is 4.18 Å². The number of carbonyl (C=O) groups is 1. The Morgan fingerprint density at radius 2 is 1.73 bits per heavy atom. The van der Waals surface area contributed by atoms with Gasteiger partial charge in [-0.1, -0.05) is 18.2 Å². The van der Waals surface area contributed by atoms with Gasteiger partial charge < -0.3 is 9.08 Å². The minimum atomic E-state index is -4.17. The number of carbonyl (C=O) groups excluding carboxylic acids is 1. The molecular formula is C23H21FN2O6S. The molecule has 0 heterocycles. The molecule has 0 spiro atoms. The van der Waals surface area contributed by atoms with Crippen LogP contribution in [-0.4, -0.2) is 30.2 Å². The lowest BCUT2D eigenvalue weighted by atomic mass is 10.1. The summed E-state index contributed by atoms with van der Waals surface area (Å²) in [6.07, 6.45) is 0. The molecule has 0 N–H and O–H groups in total. The Hall–Kier alpha value is -3.79. The zero-order valence-electron chi connectivity index (χ0n) is 17.8. The first-order valence-corrected chi connectivity index (χ1v) is 11.3. The molecule has 3 aromatic carbocycles. The minimum Gasteiger partial charge on any atom is -0.379 e. The van der Waals surface area contributed by atoms with E-state index < -0.39 is 26.8 Å². The van der Waals surface area contributed by atoms with Crippen molar-refractivity contribution in [1.29, 1.82) is 0 Å². The molecule has 0 saturated carbocycles. The van der Waals surface area contributed by atoms with Crippen LogP contribution in [0.2, 0.25) is 0 Å². The number of hydrogen-bond acceptors (Lipinski definition) is 6. The Labute approximate surface area is 190 Å². The summed E-state index contributed by atoms with van der Waals surface area (Å²) in [6, 6.07) is 15.7. The van der Waals surface area contributed by atoms with Crippen molar-refractivity contribution in [2.75, 3.05) is 0 Å². The summed E-state index contributed by atoms with van der Waals surface area (Å²) in [4.78, 5) is 24.8. The quantitative estimate of drug-likeness (QED) is 0.270. The predicted octanol–water partition coefficient (Wildman–Crippen LogP) is 4.55. The van der Waals surface area contributed by atoms with E-state index in [2.05, 4.69) is 0 Å². The number of nitro groups is 1. The summed E-state index contributed by atoms with van der Waals surface area (Å²) < 4.78 is 43.2. The molecule has 1 amide bonds. The predicted molar refractivity (Wildman–Crippen MR) is 119 cm³/mol. The van der Waals surface area contributed by atoms with Crippen LogP contribution in [0.25, 0.3) is 0 Å². The van der Waals surface area contributed by atoms with Gasteiger partial charge in [-0.15, -0.1) is 0 Å². The Morgan fingerprint density at radius 1 is 1.06 bits per heavy atom. The fraction of sp³-hybridized carbons (Fsp3) is 0.174. The SMILES string of the molecule is CC(C)N(Cc1cccc(OS(=O)(=O)c2ccc(F)cc2)c1)C(=O)c1cccc([N+](=O)[O-])c1. The largest absolute Gasteiger partial charge is 0.379 e. The van der Waals surface area contributed by atoms with E-state index >= 15 is 0 Å². The fourth-order valence-corrected chi connectivity index (χ4v) is 4.00. The van der Waals surface area contributed by atoms with Gasteiger partial charge in [-0.05, 0) is 61.9 Å². The van der Waals surface area contributed by atoms with Gasteiger partial charge in [-0.25, -0.2) is 4.39 Å². The number of hydrogen-bond donors (Lipinski definition) is 0. The highest BCUT2D eigenvalue weighted by Crippen LogP contribution is 2.23. The molecule has 33 heavy (non-hydrogen) atoms. The van der Waals surface area contributed by atoms with Crippen molar-refractivity contribution >= 4 is 21.7 Å². The van der Waals surface area contributed by atoms with E-state index in [4.69, 9.17) is 4.18 Å². The van der Waals surface area contributed by atoms with Crippen molar-refractivity contribution in [3.05, 3.63) is 99.9 Å². The van der Waals surface area contributed by atoms with Crippen LogP contribution in [0.4, 0.5) is 10.1 Å². The second kappa shape index (κ2) is 9.78. The van der Waals surface area contributed by atoms with E-state index in [-0.39, 0.29) is 34.5 Å². The van der Waals surface area contributed by atoms with E-state index in [1.807, 2.05) is 0 Å². The molecule has 0 radical (unpaired) electrons. The third kappa shape index (κ3) is 5.92. The van der Waals surface area contributed by atoms with E-state index in [1.54, 1.807) is 26.0 Å². The van der Waals surface area contributed by atoms with E-state index in [0.717, 1.165) is 24.3 Å².